The molecule has 1 aromatic rings. The van der Waals surface area contributed by atoms with Crippen molar-refractivity contribution in [2.75, 3.05) is 19.8 Å². The Balaban J connectivity index is 2.40. The van der Waals surface area contributed by atoms with Gasteiger partial charge in [0, 0.05) is 12.0 Å². The predicted molar refractivity (Wildman–Crippen MR) is 61.5 cm³/mol. The van der Waals surface area contributed by atoms with Crippen LogP contribution >= 0.6 is 11.3 Å². The van der Waals surface area contributed by atoms with Gasteiger partial charge in [-0.3, -0.25) is 0 Å². The van der Waals surface area contributed by atoms with E-state index in [1.165, 1.54) is 11.3 Å². The molecule has 1 atom stereocenters. The van der Waals surface area contributed by atoms with Gasteiger partial charge in [-0.2, -0.15) is 0 Å². The summed E-state index contributed by atoms with van der Waals surface area (Å²) in [5, 5.41) is 2.39. The molecule has 0 amide bonds. The summed E-state index contributed by atoms with van der Waals surface area (Å²) >= 11 is 1.36. The number of thiazole rings is 1. The van der Waals surface area contributed by atoms with Crippen molar-refractivity contribution in [3.63, 3.8) is 0 Å². The number of nitrogens with zero attached hydrogens (tertiary/aromatic N) is 1. The molecule has 0 aliphatic rings. The minimum Gasteiger partial charge on any atom is -0.458 e. The van der Waals surface area contributed by atoms with Crippen molar-refractivity contribution in [1.82, 2.24) is 4.98 Å². The Kier molecular flexibility index (Phi) is 5.37. The molecule has 0 saturated carbocycles. The molecule has 0 fully saturated rings. The summed E-state index contributed by atoms with van der Waals surface area (Å²) in [6.07, 6.45) is 0. The highest BCUT2D eigenvalue weighted by Crippen LogP contribution is 2.16. The van der Waals surface area contributed by atoms with Gasteiger partial charge in [0.05, 0.1) is 12.6 Å². The second-order valence-electron chi connectivity index (χ2n) is 3.19. The average molecular weight is 244 g/mol. The summed E-state index contributed by atoms with van der Waals surface area (Å²) in [6, 6.07) is -0.157. The van der Waals surface area contributed by atoms with Gasteiger partial charge in [-0.25, -0.2) is 9.78 Å². The first kappa shape index (κ1) is 13.1. The molecule has 2 N–H and O–H groups in total. The van der Waals surface area contributed by atoms with E-state index in [1.807, 2.05) is 13.8 Å². The van der Waals surface area contributed by atoms with Gasteiger partial charge in [0.2, 0.25) is 0 Å². The number of esters is 1. The fraction of sp³-hybridized carbons (Fsp3) is 0.600. The van der Waals surface area contributed by atoms with E-state index < -0.39 is 5.97 Å². The summed E-state index contributed by atoms with van der Waals surface area (Å²) in [7, 11) is 0. The monoisotopic (exact) mass is 244 g/mol. The summed E-state index contributed by atoms with van der Waals surface area (Å²) in [4.78, 5) is 15.6. The van der Waals surface area contributed by atoms with Crippen LogP contribution in [0.3, 0.4) is 0 Å². The molecule has 0 saturated heterocycles. The summed E-state index contributed by atoms with van der Waals surface area (Å²) in [6.45, 7) is 4.98. The minimum atomic E-state index is -0.428. The van der Waals surface area contributed by atoms with Gasteiger partial charge in [0.25, 0.3) is 0 Å². The van der Waals surface area contributed by atoms with Crippen LogP contribution in [0.5, 0.6) is 0 Å². The fourth-order valence-electron chi connectivity index (χ4n) is 1.00. The molecule has 1 rings (SSSR count). The Morgan fingerprint density at radius 1 is 1.62 bits per heavy atom. The Hall–Kier alpha value is -0.980. The van der Waals surface area contributed by atoms with Crippen molar-refractivity contribution < 1.29 is 14.3 Å². The van der Waals surface area contributed by atoms with E-state index in [2.05, 4.69) is 4.98 Å². The van der Waals surface area contributed by atoms with E-state index in [0.29, 0.717) is 18.9 Å². The Morgan fingerprint density at radius 3 is 2.94 bits per heavy atom. The maximum absolute atomic E-state index is 11.5. The molecule has 16 heavy (non-hydrogen) atoms. The summed E-state index contributed by atoms with van der Waals surface area (Å²) in [5.41, 5.74) is 5.96. The lowest BCUT2D eigenvalue weighted by molar-refractivity contribution is 0.0330. The van der Waals surface area contributed by atoms with Crippen molar-refractivity contribution in [2.24, 2.45) is 5.73 Å². The van der Waals surface area contributed by atoms with Crippen LogP contribution in [-0.4, -0.2) is 30.8 Å². The molecule has 90 valence electrons. The third-order valence-corrected chi connectivity index (χ3v) is 2.83. The first-order chi connectivity index (χ1) is 7.65. The molecule has 1 unspecified atom stereocenters. The van der Waals surface area contributed by atoms with E-state index in [-0.39, 0.29) is 12.6 Å². The lowest BCUT2D eigenvalue weighted by Gasteiger charge is -2.02. The van der Waals surface area contributed by atoms with Gasteiger partial charge in [-0.05, 0) is 13.8 Å². The van der Waals surface area contributed by atoms with Gasteiger partial charge < -0.3 is 15.2 Å². The molecule has 0 aliphatic carbocycles. The Labute approximate surface area is 98.6 Å². The molecule has 1 aromatic heterocycles. The number of aromatic nitrogens is 1. The van der Waals surface area contributed by atoms with Crippen LogP contribution < -0.4 is 5.73 Å². The van der Waals surface area contributed by atoms with Gasteiger partial charge in [0.1, 0.15) is 11.6 Å². The molecule has 0 radical (unpaired) electrons. The third-order valence-electron chi connectivity index (χ3n) is 1.79. The highest BCUT2D eigenvalue weighted by Gasteiger charge is 2.13. The summed E-state index contributed by atoms with van der Waals surface area (Å²) in [5.74, 6) is -0.428. The van der Waals surface area contributed by atoms with E-state index in [4.69, 9.17) is 15.2 Å². The number of ether oxygens (including phenoxy) is 2. The molecular weight excluding hydrogens is 228 g/mol. The van der Waals surface area contributed by atoms with E-state index in [9.17, 15) is 4.79 Å². The third kappa shape index (κ3) is 3.88. The van der Waals surface area contributed by atoms with Crippen LogP contribution in [0.15, 0.2) is 5.38 Å². The topological polar surface area (TPSA) is 74.4 Å². The molecule has 6 heteroatoms. The Bertz CT molecular complexity index is 339. The van der Waals surface area contributed by atoms with Crippen molar-refractivity contribution in [3.8, 4) is 0 Å². The van der Waals surface area contributed by atoms with Crippen LogP contribution in [0.1, 0.15) is 35.4 Å². The quantitative estimate of drug-likeness (QED) is 0.604. The highest BCUT2D eigenvalue weighted by molar-refractivity contribution is 7.09. The zero-order chi connectivity index (χ0) is 12.0. The van der Waals surface area contributed by atoms with E-state index in [0.717, 1.165) is 5.01 Å². The second kappa shape index (κ2) is 6.57. The highest BCUT2D eigenvalue weighted by atomic mass is 32.1. The molecule has 0 aromatic carbocycles. The largest absolute Gasteiger partial charge is 0.458 e. The molecule has 0 aliphatic heterocycles. The van der Waals surface area contributed by atoms with Crippen LogP contribution in [0, 0.1) is 0 Å². The summed E-state index contributed by atoms with van der Waals surface area (Å²) < 4.78 is 10.0. The van der Waals surface area contributed by atoms with Gasteiger partial charge in [-0.15, -0.1) is 11.3 Å². The fourth-order valence-corrected chi connectivity index (χ4v) is 1.75. The number of hydrogen-bond donors (Lipinski definition) is 1. The lowest BCUT2D eigenvalue weighted by Crippen LogP contribution is -2.12. The van der Waals surface area contributed by atoms with Crippen LogP contribution in [0.25, 0.3) is 0 Å². The number of carbonyl (C=O) groups is 1. The second-order valence-corrected chi connectivity index (χ2v) is 4.08. The number of rotatable bonds is 6. The van der Waals surface area contributed by atoms with Gasteiger partial charge in [0.15, 0.2) is 5.69 Å². The van der Waals surface area contributed by atoms with Crippen LogP contribution in [0.4, 0.5) is 0 Å². The predicted octanol–water partition coefficient (Wildman–Crippen LogP) is 1.36. The van der Waals surface area contributed by atoms with Crippen molar-refractivity contribution in [3.05, 3.63) is 16.1 Å². The van der Waals surface area contributed by atoms with Crippen molar-refractivity contribution in [1.29, 1.82) is 0 Å². The van der Waals surface area contributed by atoms with Crippen LogP contribution in [0.2, 0.25) is 0 Å². The molecule has 0 spiro atoms. The average Bonchev–Trinajstić information content (AvgIpc) is 2.73. The first-order valence-corrected chi connectivity index (χ1v) is 5.99. The Morgan fingerprint density at radius 2 is 2.38 bits per heavy atom. The van der Waals surface area contributed by atoms with Crippen LogP contribution in [-0.2, 0) is 9.47 Å². The zero-order valence-corrected chi connectivity index (χ0v) is 10.3. The lowest BCUT2D eigenvalue weighted by atomic mass is 10.4. The molecule has 1 heterocycles. The SMILES string of the molecule is CCOCCOC(=O)c1csc(C(C)N)n1. The van der Waals surface area contributed by atoms with Gasteiger partial charge >= 0.3 is 5.97 Å². The van der Waals surface area contributed by atoms with Gasteiger partial charge in [-0.1, -0.05) is 0 Å². The maximum atomic E-state index is 11.5. The number of nitrogens with two attached hydrogens (primary N) is 1. The normalized spacial score (nSPS) is 12.4. The standard InChI is InChI=1S/C10H16N2O3S/c1-3-14-4-5-15-10(13)8-6-16-9(12-8)7(2)11/h6-7H,3-5,11H2,1-2H3. The first-order valence-electron chi connectivity index (χ1n) is 5.11. The molecule has 5 nitrogen and oxygen atoms in total. The molecular formula is C10H16N2O3S. The zero-order valence-electron chi connectivity index (χ0n) is 9.43. The number of carbonyl (C=O) groups excluding carboxylic acids is 1. The maximum Gasteiger partial charge on any atom is 0.357 e. The molecule has 0 bridgehead atoms. The number of hydrogen-bond acceptors (Lipinski definition) is 6. The van der Waals surface area contributed by atoms with E-state index in [1.54, 1.807) is 5.38 Å². The minimum absolute atomic E-state index is 0.157. The van der Waals surface area contributed by atoms with Crippen molar-refractivity contribution in [2.45, 2.75) is 19.9 Å². The smallest absolute Gasteiger partial charge is 0.357 e. The van der Waals surface area contributed by atoms with E-state index >= 15 is 0 Å². The van der Waals surface area contributed by atoms with Crippen molar-refractivity contribution >= 4 is 17.3 Å².